The molecule has 0 heterocycles. The van der Waals surface area contributed by atoms with Gasteiger partial charge in [-0.25, -0.2) is 8.42 Å². The molecule has 0 saturated heterocycles. The fourth-order valence-electron chi connectivity index (χ4n) is 3.50. The molecule has 2 aromatic rings. The first-order chi connectivity index (χ1) is 16.3. The molecule has 35 heavy (non-hydrogen) atoms. The molecule has 2 rings (SSSR count). The molecule has 10 heteroatoms. The van der Waals surface area contributed by atoms with Crippen LogP contribution in [0.3, 0.4) is 0 Å². The van der Waals surface area contributed by atoms with Gasteiger partial charge in [0.2, 0.25) is 21.8 Å². The molecule has 0 spiro atoms. The zero-order chi connectivity index (χ0) is 26.3. The van der Waals surface area contributed by atoms with Crippen molar-refractivity contribution in [2.75, 3.05) is 23.7 Å². The molecule has 0 fully saturated rings. The molecule has 0 aliphatic carbocycles. The highest BCUT2D eigenvalue weighted by molar-refractivity contribution is 7.92. The summed E-state index contributed by atoms with van der Waals surface area (Å²) in [6.45, 7) is 7.82. The van der Waals surface area contributed by atoms with Crippen LogP contribution in [0.4, 0.5) is 5.69 Å². The monoisotopic (exact) mass is 541 g/mol. The number of amides is 2. The minimum atomic E-state index is -3.90. The molecular formula is C25H33Cl2N3O4S. The van der Waals surface area contributed by atoms with Gasteiger partial charge in [-0.05, 0) is 43.0 Å². The van der Waals surface area contributed by atoms with Gasteiger partial charge in [0.05, 0.1) is 17.0 Å². The quantitative estimate of drug-likeness (QED) is 0.448. The van der Waals surface area contributed by atoms with Crippen LogP contribution in [-0.4, -0.2) is 50.5 Å². The maximum absolute atomic E-state index is 13.6. The molecule has 1 atom stereocenters. The van der Waals surface area contributed by atoms with Gasteiger partial charge < -0.3 is 10.2 Å². The smallest absolute Gasteiger partial charge is 0.244 e. The number of carbonyl (C=O) groups excluding carboxylic acids is 2. The van der Waals surface area contributed by atoms with Gasteiger partial charge in [0, 0.05) is 18.1 Å². The Balaban J connectivity index is 2.45. The Morgan fingerprint density at radius 3 is 2.23 bits per heavy atom. The SMILES string of the molecule is CCC(C(=O)NCC(C)C)N(Cc1ccc(C)cc1)C(=O)CN(c1cc(Cl)ccc1Cl)S(C)(=O)=O. The lowest BCUT2D eigenvalue weighted by Crippen LogP contribution is -2.52. The summed E-state index contributed by atoms with van der Waals surface area (Å²) < 4.78 is 26.3. The molecule has 0 aliphatic rings. The Morgan fingerprint density at radius 2 is 1.69 bits per heavy atom. The summed E-state index contributed by atoms with van der Waals surface area (Å²) in [7, 11) is -3.90. The highest BCUT2D eigenvalue weighted by Gasteiger charge is 2.32. The van der Waals surface area contributed by atoms with Crippen molar-refractivity contribution in [1.29, 1.82) is 0 Å². The molecule has 2 amide bonds. The van der Waals surface area contributed by atoms with Gasteiger partial charge in [0.15, 0.2) is 0 Å². The van der Waals surface area contributed by atoms with Crippen molar-refractivity contribution in [1.82, 2.24) is 10.2 Å². The molecule has 0 radical (unpaired) electrons. The van der Waals surface area contributed by atoms with Gasteiger partial charge in [0.25, 0.3) is 0 Å². The third-order valence-corrected chi connectivity index (χ3v) is 7.08. The molecule has 0 aromatic heterocycles. The second-order valence-corrected chi connectivity index (χ2v) is 11.7. The third-order valence-electron chi connectivity index (χ3n) is 5.40. The van der Waals surface area contributed by atoms with Crippen LogP contribution in [0.25, 0.3) is 0 Å². The normalized spacial score (nSPS) is 12.3. The third kappa shape index (κ3) is 8.40. The number of sulfonamides is 1. The van der Waals surface area contributed by atoms with Gasteiger partial charge in [0.1, 0.15) is 12.6 Å². The van der Waals surface area contributed by atoms with Gasteiger partial charge >= 0.3 is 0 Å². The van der Waals surface area contributed by atoms with E-state index in [4.69, 9.17) is 23.2 Å². The van der Waals surface area contributed by atoms with Crippen LogP contribution in [0.5, 0.6) is 0 Å². The van der Waals surface area contributed by atoms with Crippen molar-refractivity contribution < 1.29 is 18.0 Å². The van der Waals surface area contributed by atoms with Gasteiger partial charge in [-0.1, -0.05) is 73.8 Å². The van der Waals surface area contributed by atoms with E-state index in [2.05, 4.69) is 5.32 Å². The fraction of sp³-hybridized carbons (Fsp3) is 0.440. The lowest BCUT2D eigenvalue weighted by Gasteiger charge is -2.33. The Hall–Kier alpha value is -2.29. The second kappa shape index (κ2) is 12.6. The Labute approximate surface area is 218 Å². The molecule has 192 valence electrons. The topological polar surface area (TPSA) is 86.8 Å². The lowest BCUT2D eigenvalue weighted by atomic mass is 10.1. The van der Waals surface area contributed by atoms with Crippen LogP contribution in [0.15, 0.2) is 42.5 Å². The van der Waals surface area contributed by atoms with Crippen molar-refractivity contribution in [2.45, 2.75) is 46.7 Å². The summed E-state index contributed by atoms with van der Waals surface area (Å²) in [5.41, 5.74) is 1.99. The van der Waals surface area contributed by atoms with Crippen molar-refractivity contribution in [3.63, 3.8) is 0 Å². The lowest BCUT2D eigenvalue weighted by molar-refractivity contribution is -0.140. The van der Waals surface area contributed by atoms with E-state index in [1.54, 1.807) is 0 Å². The Bertz CT molecular complexity index is 1140. The molecule has 0 bridgehead atoms. The number of carbonyl (C=O) groups is 2. The summed E-state index contributed by atoms with van der Waals surface area (Å²) in [5, 5.41) is 3.31. The molecular weight excluding hydrogens is 509 g/mol. The highest BCUT2D eigenvalue weighted by Crippen LogP contribution is 2.31. The van der Waals surface area contributed by atoms with Crippen molar-refractivity contribution in [3.05, 3.63) is 63.6 Å². The molecule has 0 aliphatic heterocycles. The summed E-state index contributed by atoms with van der Waals surface area (Å²) in [4.78, 5) is 28.1. The number of nitrogens with zero attached hydrogens (tertiary/aromatic N) is 2. The number of halogens is 2. The number of hydrogen-bond donors (Lipinski definition) is 1. The van der Waals surface area contributed by atoms with E-state index < -0.39 is 28.5 Å². The Kier molecular flexibility index (Phi) is 10.4. The van der Waals surface area contributed by atoms with Gasteiger partial charge in [-0.15, -0.1) is 0 Å². The van der Waals surface area contributed by atoms with Crippen LogP contribution in [-0.2, 0) is 26.2 Å². The number of anilines is 1. The first-order valence-electron chi connectivity index (χ1n) is 11.4. The molecule has 1 N–H and O–H groups in total. The minimum absolute atomic E-state index is 0.0996. The van der Waals surface area contributed by atoms with Crippen molar-refractivity contribution >= 4 is 50.7 Å². The fourth-order valence-corrected chi connectivity index (χ4v) is 4.79. The van der Waals surface area contributed by atoms with E-state index in [1.807, 2.05) is 52.0 Å². The first-order valence-corrected chi connectivity index (χ1v) is 14.0. The first kappa shape index (κ1) is 28.9. The van der Waals surface area contributed by atoms with E-state index in [0.717, 1.165) is 21.7 Å². The van der Waals surface area contributed by atoms with Gasteiger partial charge in [-0.2, -0.15) is 0 Å². The Morgan fingerprint density at radius 1 is 1.06 bits per heavy atom. The predicted molar refractivity (Wildman–Crippen MR) is 142 cm³/mol. The zero-order valence-corrected chi connectivity index (χ0v) is 23.0. The second-order valence-electron chi connectivity index (χ2n) is 8.94. The average molecular weight is 543 g/mol. The van der Waals surface area contributed by atoms with E-state index >= 15 is 0 Å². The molecule has 1 unspecified atom stereocenters. The van der Waals surface area contributed by atoms with Crippen LogP contribution < -0.4 is 9.62 Å². The van der Waals surface area contributed by atoms with E-state index in [1.165, 1.54) is 23.1 Å². The predicted octanol–water partition coefficient (Wildman–Crippen LogP) is 4.65. The van der Waals surface area contributed by atoms with Crippen LogP contribution in [0.1, 0.15) is 38.3 Å². The summed E-state index contributed by atoms with van der Waals surface area (Å²) in [6.07, 6.45) is 1.35. The van der Waals surface area contributed by atoms with Crippen LogP contribution in [0, 0.1) is 12.8 Å². The number of nitrogens with one attached hydrogen (secondary N) is 1. The number of hydrogen-bond acceptors (Lipinski definition) is 4. The van der Waals surface area contributed by atoms with Crippen LogP contribution >= 0.6 is 23.2 Å². The van der Waals surface area contributed by atoms with E-state index in [-0.39, 0.29) is 34.1 Å². The maximum Gasteiger partial charge on any atom is 0.244 e. The summed E-state index contributed by atoms with van der Waals surface area (Å²) >= 11 is 12.3. The van der Waals surface area contributed by atoms with Crippen molar-refractivity contribution in [2.24, 2.45) is 5.92 Å². The van der Waals surface area contributed by atoms with Gasteiger partial charge in [-0.3, -0.25) is 13.9 Å². The summed E-state index contributed by atoms with van der Waals surface area (Å²) in [5.74, 6) is -0.574. The van der Waals surface area contributed by atoms with E-state index in [0.29, 0.717) is 13.0 Å². The molecule has 0 saturated carbocycles. The minimum Gasteiger partial charge on any atom is -0.354 e. The average Bonchev–Trinajstić information content (AvgIpc) is 2.78. The van der Waals surface area contributed by atoms with Crippen molar-refractivity contribution in [3.8, 4) is 0 Å². The summed E-state index contributed by atoms with van der Waals surface area (Å²) in [6, 6.07) is 11.2. The number of aryl methyl sites for hydroxylation is 1. The molecule has 7 nitrogen and oxygen atoms in total. The number of benzene rings is 2. The zero-order valence-electron chi connectivity index (χ0n) is 20.7. The maximum atomic E-state index is 13.6. The number of rotatable bonds is 11. The standard InChI is InChI=1S/C25H33Cl2N3O4S/c1-6-22(25(32)28-14-17(2)3)29(15-19-9-7-18(4)8-10-19)24(31)16-30(35(5,33)34)23-13-20(26)11-12-21(23)27/h7-13,17,22H,6,14-16H2,1-5H3,(H,28,32). The van der Waals surface area contributed by atoms with E-state index in [9.17, 15) is 18.0 Å². The largest absolute Gasteiger partial charge is 0.354 e. The molecule has 2 aromatic carbocycles. The van der Waals surface area contributed by atoms with Crippen LogP contribution in [0.2, 0.25) is 10.0 Å². The highest BCUT2D eigenvalue weighted by atomic mass is 35.5.